The molecule has 0 unspecified atom stereocenters. The summed E-state index contributed by atoms with van der Waals surface area (Å²) in [6, 6.07) is 8.81. The van der Waals surface area contributed by atoms with E-state index >= 15 is 0 Å². The average Bonchev–Trinajstić information content (AvgIpc) is 3.53. The third-order valence-electron chi connectivity index (χ3n) is 5.10. The summed E-state index contributed by atoms with van der Waals surface area (Å²) in [6.07, 6.45) is 2.36. The molecule has 0 atom stereocenters. The van der Waals surface area contributed by atoms with E-state index in [1.54, 1.807) is 30.5 Å². The van der Waals surface area contributed by atoms with Crippen LogP contribution in [0.4, 0.5) is 17.6 Å². The third-order valence-corrected chi connectivity index (χ3v) is 6.68. The second-order valence-electron chi connectivity index (χ2n) is 7.94. The molecule has 0 saturated heterocycles. The van der Waals surface area contributed by atoms with E-state index in [2.05, 4.69) is 15.3 Å². The second-order valence-corrected chi connectivity index (χ2v) is 10.1. The summed E-state index contributed by atoms with van der Waals surface area (Å²) < 4.78 is 88.9. The van der Waals surface area contributed by atoms with Gasteiger partial charge in [0.1, 0.15) is 30.1 Å². The van der Waals surface area contributed by atoms with Crippen LogP contribution in [0.25, 0.3) is 12.2 Å². The number of rotatable bonds is 10. The van der Waals surface area contributed by atoms with E-state index in [9.17, 15) is 26.0 Å². The monoisotopic (exact) mass is 536 g/mol. The van der Waals surface area contributed by atoms with Gasteiger partial charge in [-0.1, -0.05) is 23.4 Å². The smallest absolute Gasteiger partial charge is 0.416 e. The highest BCUT2D eigenvalue weighted by Crippen LogP contribution is 2.30. The molecular weight excluding hydrogens is 516 g/mol. The molecule has 4 aromatic rings. The fourth-order valence-electron chi connectivity index (χ4n) is 3.22. The first kappa shape index (κ1) is 26.1. The molecular formula is C24H20F4N4O4S. The summed E-state index contributed by atoms with van der Waals surface area (Å²) in [6.45, 7) is 0.263. The summed E-state index contributed by atoms with van der Waals surface area (Å²) in [7, 11) is -3.34. The second kappa shape index (κ2) is 10.9. The normalized spacial score (nSPS) is 12.3. The lowest BCUT2D eigenvalue weighted by atomic mass is 10.1. The first-order valence-electron chi connectivity index (χ1n) is 10.8. The standard InChI is InChI=1S/C24H20F4N4O4S/c25-22-13-19(24(26,27)28)5-3-18(22)4-8-23-30-20(15-36-23)14-35-21-6-1-17(2-7-21)16-37(33,34)12-11-32-10-9-29-31-32/h1-10,13,15H,11-12,14,16H2. The van der Waals surface area contributed by atoms with Gasteiger partial charge in [0.25, 0.3) is 0 Å². The Hall–Kier alpha value is -4.00. The zero-order chi connectivity index (χ0) is 26.5. The number of nitrogens with zero attached hydrogens (tertiary/aromatic N) is 4. The molecule has 37 heavy (non-hydrogen) atoms. The number of hydrogen-bond acceptors (Lipinski definition) is 7. The Morgan fingerprint density at radius 3 is 2.54 bits per heavy atom. The van der Waals surface area contributed by atoms with E-state index < -0.39 is 27.4 Å². The van der Waals surface area contributed by atoms with Crippen LogP contribution in [0.3, 0.4) is 0 Å². The highest BCUT2D eigenvalue weighted by molar-refractivity contribution is 7.90. The van der Waals surface area contributed by atoms with Gasteiger partial charge < -0.3 is 9.15 Å². The van der Waals surface area contributed by atoms with Crippen molar-refractivity contribution in [3.63, 3.8) is 0 Å². The SMILES string of the molecule is O=S(=O)(CCn1ccnn1)Cc1ccc(OCc2coc(C=Cc3ccc(C(F)(F)F)cc3F)n2)cc1. The molecule has 0 spiro atoms. The van der Waals surface area contributed by atoms with Crippen molar-refractivity contribution >= 4 is 22.0 Å². The summed E-state index contributed by atoms with van der Waals surface area (Å²) in [5.74, 6) is -0.614. The van der Waals surface area contributed by atoms with Crippen molar-refractivity contribution in [2.75, 3.05) is 5.75 Å². The third kappa shape index (κ3) is 7.49. The average molecular weight is 537 g/mol. The Bertz CT molecular complexity index is 1470. The number of oxazole rings is 1. The molecule has 4 rings (SSSR count). The number of ether oxygens (including phenoxy) is 1. The topological polar surface area (TPSA) is 100 Å². The zero-order valence-electron chi connectivity index (χ0n) is 19.1. The molecule has 194 valence electrons. The van der Waals surface area contributed by atoms with Crippen molar-refractivity contribution in [2.45, 2.75) is 25.1 Å². The maximum Gasteiger partial charge on any atom is 0.416 e. The molecule has 8 nitrogen and oxygen atoms in total. The van der Waals surface area contributed by atoms with Crippen LogP contribution in [0.15, 0.2) is 65.5 Å². The number of halogens is 4. The van der Waals surface area contributed by atoms with Crippen molar-refractivity contribution < 1.29 is 35.1 Å². The van der Waals surface area contributed by atoms with Crippen LogP contribution < -0.4 is 4.74 Å². The van der Waals surface area contributed by atoms with E-state index in [1.165, 1.54) is 29.3 Å². The van der Waals surface area contributed by atoms with E-state index in [0.29, 0.717) is 23.1 Å². The molecule has 0 aliphatic rings. The van der Waals surface area contributed by atoms with Gasteiger partial charge in [0, 0.05) is 17.8 Å². The van der Waals surface area contributed by atoms with Crippen LogP contribution >= 0.6 is 0 Å². The number of alkyl halides is 3. The van der Waals surface area contributed by atoms with E-state index in [4.69, 9.17) is 9.15 Å². The lowest BCUT2D eigenvalue weighted by Gasteiger charge is -2.07. The van der Waals surface area contributed by atoms with Gasteiger partial charge in [-0.25, -0.2) is 17.8 Å². The number of aromatic nitrogens is 4. The molecule has 0 N–H and O–H groups in total. The van der Waals surface area contributed by atoms with Crippen molar-refractivity contribution in [3.05, 3.63) is 95.2 Å². The molecule has 2 aromatic heterocycles. The minimum absolute atomic E-state index is 0.0432. The van der Waals surface area contributed by atoms with Gasteiger partial charge in [-0.05, 0) is 35.9 Å². The molecule has 0 amide bonds. The molecule has 2 heterocycles. The predicted octanol–water partition coefficient (Wildman–Crippen LogP) is 4.79. The van der Waals surface area contributed by atoms with Crippen LogP contribution in [0.1, 0.15) is 28.3 Å². The summed E-state index contributed by atoms with van der Waals surface area (Å²) in [5.41, 5.74) is -0.0948. The maximum atomic E-state index is 14.0. The van der Waals surface area contributed by atoms with Crippen LogP contribution in [-0.2, 0) is 34.9 Å². The van der Waals surface area contributed by atoms with E-state index in [-0.39, 0.29) is 36.1 Å². The number of benzene rings is 2. The highest BCUT2D eigenvalue weighted by atomic mass is 32.2. The molecule has 0 radical (unpaired) electrons. The minimum Gasteiger partial charge on any atom is -0.487 e. The molecule has 0 bridgehead atoms. The van der Waals surface area contributed by atoms with Gasteiger partial charge in [0.15, 0.2) is 9.84 Å². The van der Waals surface area contributed by atoms with Gasteiger partial charge in [-0.3, -0.25) is 4.68 Å². The Morgan fingerprint density at radius 1 is 1.08 bits per heavy atom. The van der Waals surface area contributed by atoms with E-state index in [0.717, 1.165) is 12.1 Å². The number of aryl methyl sites for hydroxylation is 1. The van der Waals surface area contributed by atoms with Gasteiger partial charge in [0.2, 0.25) is 5.89 Å². The predicted molar refractivity (Wildman–Crippen MR) is 125 cm³/mol. The first-order valence-corrected chi connectivity index (χ1v) is 12.6. The quantitative estimate of drug-likeness (QED) is 0.269. The zero-order valence-corrected chi connectivity index (χ0v) is 19.9. The fourth-order valence-corrected chi connectivity index (χ4v) is 4.52. The fraction of sp³-hybridized carbons (Fsp3) is 0.208. The Balaban J connectivity index is 1.28. The lowest BCUT2D eigenvalue weighted by molar-refractivity contribution is -0.137. The Kier molecular flexibility index (Phi) is 7.71. The number of sulfone groups is 1. The van der Waals surface area contributed by atoms with Crippen LogP contribution in [0.2, 0.25) is 0 Å². The first-order chi connectivity index (χ1) is 17.6. The summed E-state index contributed by atoms with van der Waals surface area (Å²) in [4.78, 5) is 4.16. The van der Waals surface area contributed by atoms with Crippen molar-refractivity contribution in [3.8, 4) is 5.75 Å². The summed E-state index contributed by atoms with van der Waals surface area (Å²) >= 11 is 0. The molecule has 0 saturated carbocycles. The molecule has 0 aliphatic carbocycles. The van der Waals surface area contributed by atoms with Gasteiger partial charge in [-0.2, -0.15) is 13.2 Å². The van der Waals surface area contributed by atoms with Crippen LogP contribution in [-0.4, -0.2) is 34.1 Å². The molecule has 2 aromatic carbocycles. The Morgan fingerprint density at radius 2 is 1.86 bits per heavy atom. The van der Waals surface area contributed by atoms with Gasteiger partial charge in [-0.15, -0.1) is 5.10 Å². The van der Waals surface area contributed by atoms with Gasteiger partial charge in [0.05, 0.1) is 29.8 Å². The largest absolute Gasteiger partial charge is 0.487 e. The van der Waals surface area contributed by atoms with Gasteiger partial charge >= 0.3 is 6.18 Å². The molecule has 0 fully saturated rings. The molecule has 0 aliphatic heterocycles. The molecule has 13 heteroatoms. The van der Waals surface area contributed by atoms with Crippen molar-refractivity contribution in [2.24, 2.45) is 0 Å². The highest BCUT2D eigenvalue weighted by Gasteiger charge is 2.31. The maximum absolute atomic E-state index is 14.0. The van der Waals surface area contributed by atoms with Crippen LogP contribution in [0, 0.1) is 5.82 Å². The van der Waals surface area contributed by atoms with Crippen LogP contribution in [0.5, 0.6) is 5.75 Å². The number of hydrogen-bond donors (Lipinski definition) is 0. The van der Waals surface area contributed by atoms with E-state index in [1.807, 2.05) is 0 Å². The Labute approximate surface area is 209 Å². The van der Waals surface area contributed by atoms with Crippen molar-refractivity contribution in [1.29, 1.82) is 0 Å². The minimum atomic E-state index is -4.63. The van der Waals surface area contributed by atoms with Crippen molar-refractivity contribution in [1.82, 2.24) is 20.0 Å². The summed E-state index contributed by atoms with van der Waals surface area (Å²) in [5, 5.41) is 7.38. The lowest BCUT2D eigenvalue weighted by Crippen LogP contribution is -2.15.